The molecule has 300 valence electrons. The fraction of sp³-hybridized carbons (Fsp3) is 0.562. The molecule has 0 heterocycles. The standard InChI is InChI=1S/C22H30O4.C21H30O2.C5H12/c1-5-6-7-8-15-12-18(23)20(21(24)19(15)22(25)26)17-11-14(4)9-10-16(17)13(2)3;1-5-6-7-8-16-12-19(22)21(20(23)13-16)18-11-15(4)9-10-17(18)14(2)3;1-4-5(2)3/h11-12,16-17,23-24H,2,5-10H2,1,3-4H3,(H,25,26);11-13,17-18,22-23H,2,5-10H2,1,3-4H3;5H,4H2,1-3H3/t16-,17?;17-,18?;/m00./s1. The molecule has 6 heteroatoms. The van der Waals surface area contributed by atoms with E-state index in [4.69, 9.17) is 0 Å². The lowest BCUT2D eigenvalue weighted by atomic mass is 9.73. The molecule has 2 aliphatic carbocycles. The Bertz CT molecular complexity index is 1600. The highest BCUT2D eigenvalue weighted by Gasteiger charge is 2.33. The lowest BCUT2D eigenvalue weighted by Gasteiger charge is -2.32. The van der Waals surface area contributed by atoms with E-state index in [0.29, 0.717) is 23.1 Å². The Morgan fingerprint density at radius 1 is 0.722 bits per heavy atom. The van der Waals surface area contributed by atoms with Gasteiger partial charge in [0.1, 0.15) is 28.6 Å². The largest absolute Gasteiger partial charge is 0.507 e. The van der Waals surface area contributed by atoms with Gasteiger partial charge in [0.2, 0.25) is 0 Å². The third-order valence-electron chi connectivity index (χ3n) is 11.2. The summed E-state index contributed by atoms with van der Waals surface area (Å²) in [6.07, 6.45) is 17.1. The van der Waals surface area contributed by atoms with Gasteiger partial charge in [-0.15, -0.1) is 0 Å². The van der Waals surface area contributed by atoms with Gasteiger partial charge in [-0.1, -0.05) is 114 Å². The predicted molar refractivity (Wildman–Crippen MR) is 226 cm³/mol. The first-order chi connectivity index (χ1) is 25.5. The van der Waals surface area contributed by atoms with Crippen molar-refractivity contribution in [1.82, 2.24) is 0 Å². The van der Waals surface area contributed by atoms with Crippen LogP contribution in [0, 0.1) is 17.8 Å². The number of carboxylic acid groups (broad SMARTS) is 1. The number of aryl methyl sites for hydroxylation is 2. The molecular formula is C48H72O6. The Labute approximate surface area is 327 Å². The minimum atomic E-state index is -1.15. The van der Waals surface area contributed by atoms with E-state index in [1.165, 1.54) is 36.5 Å². The minimum Gasteiger partial charge on any atom is -0.507 e. The molecule has 0 aliphatic heterocycles. The van der Waals surface area contributed by atoms with Gasteiger partial charge in [-0.2, -0.15) is 0 Å². The van der Waals surface area contributed by atoms with Crippen molar-refractivity contribution in [1.29, 1.82) is 0 Å². The number of carboxylic acids is 1. The third-order valence-corrected chi connectivity index (χ3v) is 11.2. The summed E-state index contributed by atoms with van der Waals surface area (Å²) in [5.41, 5.74) is 6.99. The molecule has 0 spiro atoms. The van der Waals surface area contributed by atoms with Crippen LogP contribution in [0.4, 0.5) is 0 Å². The maximum Gasteiger partial charge on any atom is 0.339 e. The molecule has 0 fully saturated rings. The number of aromatic hydroxyl groups is 4. The number of phenolic OH excluding ortho intramolecular Hbond substituents is 3. The zero-order valence-corrected chi connectivity index (χ0v) is 35.0. The van der Waals surface area contributed by atoms with Gasteiger partial charge in [0.15, 0.2) is 0 Å². The maximum absolute atomic E-state index is 11.8. The molecule has 2 aromatic rings. The number of rotatable bonds is 14. The van der Waals surface area contributed by atoms with Crippen LogP contribution in [0.3, 0.4) is 0 Å². The first kappa shape index (κ1) is 46.2. The second-order valence-electron chi connectivity index (χ2n) is 16.3. The van der Waals surface area contributed by atoms with Gasteiger partial charge in [-0.25, -0.2) is 4.79 Å². The summed E-state index contributed by atoms with van der Waals surface area (Å²) in [6, 6.07) is 5.19. The summed E-state index contributed by atoms with van der Waals surface area (Å²) < 4.78 is 0. The van der Waals surface area contributed by atoms with E-state index in [1.807, 2.05) is 39.0 Å². The molecule has 0 saturated heterocycles. The van der Waals surface area contributed by atoms with Gasteiger partial charge in [0, 0.05) is 23.0 Å². The lowest BCUT2D eigenvalue weighted by molar-refractivity contribution is 0.0692. The van der Waals surface area contributed by atoms with Crippen molar-refractivity contribution in [3.63, 3.8) is 0 Å². The number of aromatic carboxylic acids is 1. The van der Waals surface area contributed by atoms with Crippen molar-refractivity contribution in [2.45, 2.75) is 158 Å². The zero-order chi connectivity index (χ0) is 40.7. The monoisotopic (exact) mass is 745 g/mol. The Kier molecular flexibility index (Phi) is 19.2. The molecular weight excluding hydrogens is 673 g/mol. The molecule has 2 aromatic carbocycles. The fourth-order valence-electron chi connectivity index (χ4n) is 7.61. The van der Waals surface area contributed by atoms with E-state index < -0.39 is 5.97 Å². The van der Waals surface area contributed by atoms with E-state index in [1.54, 1.807) is 0 Å². The number of carbonyl (C=O) groups is 1. The van der Waals surface area contributed by atoms with Crippen LogP contribution in [0.25, 0.3) is 0 Å². The Morgan fingerprint density at radius 2 is 1.15 bits per heavy atom. The molecule has 4 rings (SSSR count). The molecule has 0 aromatic heterocycles. The molecule has 4 atom stereocenters. The van der Waals surface area contributed by atoms with Gasteiger partial charge in [-0.3, -0.25) is 0 Å². The fourth-order valence-corrected chi connectivity index (χ4v) is 7.61. The predicted octanol–water partition coefficient (Wildman–Crippen LogP) is 13.4. The summed E-state index contributed by atoms with van der Waals surface area (Å²) in [6.45, 7) is 27.2. The molecule has 0 amide bonds. The summed E-state index contributed by atoms with van der Waals surface area (Å²) in [7, 11) is 0. The molecule has 5 N–H and O–H groups in total. The number of phenols is 4. The van der Waals surface area contributed by atoms with Crippen LogP contribution in [0.2, 0.25) is 0 Å². The maximum atomic E-state index is 11.8. The van der Waals surface area contributed by atoms with Crippen molar-refractivity contribution >= 4 is 5.97 Å². The summed E-state index contributed by atoms with van der Waals surface area (Å²) >= 11 is 0. The minimum absolute atomic E-state index is 0.0194. The average molecular weight is 745 g/mol. The Balaban J connectivity index is 0.000000334. The third kappa shape index (κ3) is 13.1. The molecule has 6 nitrogen and oxygen atoms in total. The van der Waals surface area contributed by atoms with Crippen LogP contribution in [-0.4, -0.2) is 31.5 Å². The summed E-state index contributed by atoms with van der Waals surface area (Å²) in [5.74, 6) is -0.0436. The topological polar surface area (TPSA) is 118 Å². The van der Waals surface area contributed by atoms with Crippen molar-refractivity contribution in [2.75, 3.05) is 0 Å². The Hall–Kier alpha value is -3.93. The number of allylic oxidation sites excluding steroid dienone is 6. The molecule has 2 aliphatic rings. The second-order valence-corrected chi connectivity index (χ2v) is 16.3. The molecule has 0 bridgehead atoms. The first-order valence-corrected chi connectivity index (χ1v) is 20.5. The Morgan fingerprint density at radius 3 is 1.56 bits per heavy atom. The van der Waals surface area contributed by atoms with E-state index in [2.05, 4.69) is 60.8 Å². The second kappa shape index (κ2) is 22.4. The normalized spacial score (nSPS) is 19.4. The number of hydrogen-bond donors (Lipinski definition) is 5. The van der Waals surface area contributed by atoms with E-state index in [-0.39, 0.29) is 52.2 Å². The van der Waals surface area contributed by atoms with Gasteiger partial charge >= 0.3 is 5.97 Å². The van der Waals surface area contributed by atoms with Crippen molar-refractivity contribution in [3.8, 4) is 23.0 Å². The molecule has 54 heavy (non-hydrogen) atoms. The molecule has 2 unspecified atom stereocenters. The van der Waals surface area contributed by atoms with Crippen LogP contribution in [0.5, 0.6) is 23.0 Å². The van der Waals surface area contributed by atoms with E-state index in [9.17, 15) is 30.3 Å². The van der Waals surface area contributed by atoms with E-state index >= 15 is 0 Å². The first-order valence-electron chi connectivity index (χ1n) is 20.5. The zero-order valence-electron chi connectivity index (χ0n) is 35.0. The quantitative estimate of drug-likeness (QED) is 0.0971. The number of unbranched alkanes of at least 4 members (excludes halogenated alkanes) is 4. The number of benzene rings is 2. The van der Waals surface area contributed by atoms with E-state index in [0.717, 1.165) is 80.4 Å². The van der Waals surface area contributed by atoms with Gasteiger partial charge in [0.25, 0.3) is 0 Å². The van der Waals surface area contributed by atoms with Crippen molar-refractivity contribution in [2.24, 2.45) is 17.8 Å². The van der Waals surface area contributed by atoms with Crippen LogP contribution < -0.4 is 0 Å². The van der Waals surface area contributed by atoms with Crippen LogP contribution in [-0.2, 0) is 12.8 Å². The van der Waals surface area contributed by atoms with Crippen molar-refractivity contribution < 1.29 is 30.3 Å². The van der Waals surface area contributed by atoms with Gasteiger partial charge < -0.3 is 25.5 Å². The van der Waals surface area contributed by atoms with Gasteiger partial charge in [0.05, 0.1) is 0 Å². The highest BCUT2D eigenvalue weighted by molar-refractivity contribution is 5.94. The highest BCUT2D eigenvalue weighted by atomic mass is 16.4. The summed E-state index contributed by atoms with van der Waals surface area (Å²) in [4.78, 5) is 11.8. The SMILES string of the molecule is C=C(C)[C@@H]1CCC(C)=CC1c1c(O)cc(CCCCC)c(C(=O)O)c1O.C=C(C)[C@@H]1CCC(C)=CC1c1c(O)cc(CCCCC)cc1O.CCC(C)C. The van der Waals surface area contributed by atoms with Crippen LogP contribution in [0.15, 0.2) is 65.8 Å². The summed E-state index contributed by atoms with van der Waals surface area (Å²) in [5, 5.41) is 52.2. The molecule has 0 radical (unpaired) electrons. The van der Waals surface area contributed by atoms with Gasteiger partial charge in [-0.05, 0) is 126 Å². The smallest absolute Gasteiger partial charge is 0.339 e. The van der Waals surface area contributed by atoms with Crippen molar-refractivity contribution in [3.05, 3.63) is 93.6 Å². The van der Waals surface area contributed by atoms with Crippen LogP contribution >= 0.6 is 0 Å². The van der Waals surface area contributed by atoms with Crippen LogP contribution in [0.1, 0.15) is 177 Å². The average Bonchev–Trinajstić information content (AvgIpc) is 3.08. The highest BCUT2D eigenvalue weighted by Crippen LogP contribution is 2.49. The number of hydrogen-bond acceptors (Lipinski definition) is 5. The molecule has 0 saturated carbocycles. The lowest BCUT2D eigenvalue weighted by Crippen LogP contribution is -2.18.